The van der Waals surface area contributed by atoms with Crippen molar-refractivity contribution in [1.82, 2.24) is 0 Å². The fraction of sp³-hybridized carbons (Fsp3) is 0.273. The van der Waals surface area contributed by atoms with Crippen LogP contribution in [0.15, 0.2) is 21.3 Å². The molecule has 0 saturated carbocycles. The zero-order valence-electron chi connectivity index (χ0n) is 8.38. The Hall–Kier alpha value is 0.170. The number of alkyl halides is 1. The lowest BCUT2D eigenvalue weighted by Gasteiger charge is -2.05. The van der Waals surface area contributed by atoms with Crippen molar-refractivity contribution in [3.05, 3.63) is 42.2 Å². The molecule has 0 aliphatic rings. The van der Waals surface area contributed by atoms with Gasteiger partial charge in [-0.15, -0.1) is 34.3 Å². The highest BCUT2D eigenvalue weighted by Crippen LogP contribution is 2.40. The van der Waals surface area contributed by atoms with Crippen molar-refractivity contribution in [2.45, 2.75) is 19.2 Å². The lowest BCUT2D eigenvalue weighted by molar-refractivity contribution is 1.20. The van der Waals surface area contributed by atoms with E-state index in [-0.39, 0.29) is 5.38 Å². The van der Waals surface area contributed by atoms with Crippen LogP contribution in [0, 0.1) is 13.8 Å². The van der Waals surface area contributed by atoms with Crippen molar-refractivity contribution in [2.75, 3.05) is 0 Å². The Bertz CT molecular complexity index is 453. The van der Waals surface area contributed by atoms with E-state index in [1.165, 1.54) is 24.7 Å². The molecule has 2 heterocycles. The molecule has 0 N–H and O–H groups in total. The third-order valence-electron chi connectivity index (χ3n) is 2.26. The van der Waals surface area contributed by atoms with E-state index in [0.29, 0.717) is 0 Å². The van der Waals surface area contributed by atoms with Gasteiger partial charge in [-0.05, 0) is 58.4 Å². The Morgan fingerprint density at radius 1 is 1.33 bits per heavy atom. The van der Waals surface area contributed by atoms with E-state index in [4.69, 9.17) is 11.6 Å². The van der Waals surface area contributed by atoms with Crippen LogP contribution in [0.5, 0.6) is 0 Å². The largest absolute Gasteiger partial charge is 0.147 e. The molecule has 2 rings (SSSR count). The van der Waals surface area contributed by atoms with Crippen molar-refractivity contribution in [3.8, 4) is 0 Å². The fourth-order valence-corrected chi connectivity index (χ4v) is 4.46. The first-order chi connectivity index (χ1) is 7.09. The summed E-state index contributed by atoms with van der Waals surface area (Å²) in [6.45, 7) is 4.20. The zero-order chi connectivity index (χ0) is 11.0. The second-order valence-electron chi connectivity index (χ2n) is 3.44. The maximum atomic E-state index is 6.46. The molecule has 0 spiro atoms. The normalized spacial score (nSPS) is 13.1. The van der Waals surface area contributed by atoms with Crippen molar-refractivity contribution in [2.24, 2.45) is 0 Å². The second kappa shape index (κ2) is 4.58. The van der Waals surface area contributed by atoms with Gasteiger partial charge in [-0.25, -0.2) is 0 Å². The van der Waals surface area contributed by atoms with Gasteiger partial charge in [0, 0.05) is 9.75 Å². The molecule has 80 valence electrons. The van der Waals surface area contributed by atoms with Gasteiger partial charge in [-0.1, -0.05) is 0 Å². The standard InChI is InChI=1S/C11H10BrClS2/c1-6-3-4-14-10(6)9(13)8-5-7(2)11(12)15-8/h3-5,9H,1-2H3. The summed E-state index contributed by atoms with van der Waals surface area (Å²) in [4.78, 5) is 2.47. The fourth-order valence-electron chi connectivity index (χ4n) is 1.38. The van der Waals surface area contributed by atoms with Gasteiger partial charge in [0.2, 0.25) is 0 Å². The van der Waals surface area contributed by atoms with Gasteiger partial charge >= 0.3 is 0 Å². The molecule has 0 aliphatic heterocycles. The molecular formula is C11H10BrClS2. The molecule has 1 unspecified atom stereocenters. The number of rotatable bonds is 2. The van der Waals surface area contributed by atoms with Crippen LogP contribution in [0.4, 0.5) is 0 Å². The molecule has 0 amide bonds. The highest BCUT2D eigenvalue weighted by molar-refractivity contribution is 9.11. The molecule has 0 saturated heterocycles. The molecule has 0 bridgehead atoms. The Morgan fingerprint density at radius 2 is 2.07 bits per heavy atom. The summed E-state index contributed by atoms with van der Waals surface area (Å²) in [6.07, 6.45) is 0. The molecule has 0 aliphatic carbocycles. The average Bonchev–Trinajstić information content (AvgIpc) is 2.74. The van der Waals surface area contributed by atoms with Crippen LogP contribution in [0.1, 0.15) is 26.3 Å². The number of halogens is 2. The first kappa shape index (κ1) is 11.6. The van der Waals surface area contributed by atoms with E-state index < -0.39 is 0 Å². The van der Waals surface area contributed by atoms with Crippen LogP contribution in [0.2, 0.25) is 0 Å². The lowest BCUT2D eigenvalue weighted by atomic mass is 10.2. The molecule has 4 heteroatoms. The van der Waals surface area contributed by atoms with E-state index >= 15 is 0 Å². The van der Waals surface area contributed by atoms with Gasteiger partial charge in [0.05, 0.1) is 3.79 Å². The molecule has 0 radical (unpaired) electrons. The van der Waals surface area contributed by atoms with Crippen LogP contribution in [0.3, 0.4) is 0 Å². The van der Waals surface area contributed by atoms with Crippen molar-refractivity contribution in [1.29, 1.82) is 0 Å². The van der Waals surface area contributed by atoms with Gasteiger partial charge < -0.3 is 0 Å². The summed E-state index contributed by atoms with van der Waals surface area (Å²) in [5.41, 5.74) is 2.54. The lowest BCUT2D eigenvalue weighted by Crippen LogP contribution is -1.87. The first-order valence-corrected chi connectivity index (χ1v) is 7.46. The topological polar surface area (TPSA) is 0 Å². The summed E-state index contributed by atoms with van der Waals surface area (Å²) < 4.78 is 1.18. The summed E-state index contributed by atoms with van der Waals surface area (Å²) in [5, 5.41) is 2.09. The maximum Gasteiger partial charge on any atom is 0.102 e. The second-order valence-corrected chi connectivity index (χ2v) is 7.22. The summed E-state index contributed by atoms with van der Waals surface area (Å²) in [5.74, 6) is 0. The van der Waals surface area contributed by atoms with E-state index in [2.05, 4.69) is 47.3 Å². The molecule has 2 aromatic heterocycles. The van der Waals surface area contributed by atoms with Crippen LogP contribution in [-0.2, 0) is 0 Å². The molecule has 2 aromatic rings. The molecule has 0 nitrogen and oxygen atoms in total. The number of thiophene rings is 2. The number of hydrogen-bond donors (Lipinski definition) is 0. The van der Waals surface area contributed by atoms with E-state index in [9.17, 15) is 0 Å². The van der Waals surface area contributed by atoms with Crippen LogP contribution >= 0.6 is 50.2 Å². The Labute approximate surface area is 111 Å². The van der Waals surface area contributed by atoms with Gasteiger partial charge in [-0.3, -0.25) is 0 Å². The highest BCUT2D eigenvalue weighted by atomic mass is 79.9. The SMILES string of the molecule is Cc1cc(C(Cl)c2sccc2C)sc1Br. The van der Waals surface area contributed by atoms with Gasteiger partial charge in [-0.2, -0.15) is 0 Å². The van der Waals surface area contributed by atoms with Crippen molar-refractivity contribution in [3.63, 3.8) is 0 Å². The minimum absolute atomic E-state index is 0.000000000000000222. The average molecular weight is 322 g/mol. The van der Waals surface area contributed by atoms with Gasteiger partial charge in [0.1, 0.15) is 5.38 Å². The Balaban J connectivity index is 2.36. The Morgan fingerprint density at radius 3 is 2.53 bits per heavy atom. The van der Waals surface area contributed by atoms with E-state index in [1.54, 1.807) is 22.7 Å². The van der Waals surface area contributed by atoms with Gasteiger partial charge in [0.15, 0.2) is 0 Å². The molecule has 0 fully saturated rings. The summed E-state index contributed by atoms with van der Waals surface area (Å²) in [7, 11) is 0. The number of hydrogen-bond acceptors (Lipinski definition) is 2. The third kappa shape index (κ3) is 2.31. The predicted octanol–water partition coefficient (Wildman–Crippen LogP) is 5.52. The van der Waals surface area contributed by atoms with Crippen molar-refractivity contribution < 1.29 is 0 Å². The molecular weight excluding hydrogens is 312 g/mol. The van der Waals surface area contributed by atoms with Crippen molar-refractivity contribution >= 4 is 50.2 Å². The predicted molar refractivity (Wildman–Crippen MR) is 73.5 cm³/mol. The van der Waals surface area contributed by atoms with E-state index in [1.807, 2.05) is 0 Å². The van der Waals surface area contributed by atoms with E-state index in [0.717, 1.165) is 0 Å². The van der Waals surface area contributed by atoms with Crippen LogP contribution in [-0.4, -0.2) is 0 Å². The molecule has 1 atom stereocenters. The summed E-state index contributed by atoms with van der Waals surface area (Å²) >= 11 is 13.4. The third-order valence-corrected chi connectivity index (χ3v) is 6.26. The summed E-state index contributed by atoms with van der Waals surface area (Å²) in [6, 6.07) is 4.27. The first-order valence-electron chi connectivity index (χ1n) is 4.53. The quantitative estimate of drug-likeness (QED) is 0.639. The zero-order valence-corrected chi connectivity index (χ0v) is 12.4. The minimum Gasteiger partial charge on any atom is -0.147 e. The van der Waals surface area contributed by atoms with Crippen LogP contribution in [0.25, 0.3) is 0 Å². The maximum absolute atomic E-state index is 6.46. The number of aryl methyl sites for hydroxylation is 2. The highest BCUT2D eigenvalue weighted by Gasteiger charge is 2.17. The molecule has 15 heavy (non-hydrogen) atoms. The molecule has 0 aromatic carbocycles. The minimum atomic E-state index is -0.000000000000000222. The van der Waals surface area contributed by atoms with Gasteiger partial charge in [0.25, 0.3) is 0 Å². The monoisotopic (exact) mass is 320 g/mol. The van der Waals surface area contributed by atoms with Crippen LogP contribution < -0.4 is 0 Å². The smallest absolute Gasteiger partial charge is 0.102 e. The Kier molecular flexibility index (Phi) is 3.56.